The van der Waals surface area contributed by atoms with Gasteiger partial charge in [-0.25, -0.2) is 0 Å². The van der Waals surface area contributed by atoms with Crippen molar-refractivity contribution in [2.75, 3.05) is 12.3 Å². The van der Waals surface area contributed by atoms with Crippen LogP contribution in [0.25, 0.3) is 0 Å². The molecule has 0 saturated carbocycles. The first-order valence-electron chi connectivity index (χ1n) is 11.0. The van der Waals surface area contributed by atoms with Crippen molar-refractivity contribution in [1.29, 1.82) is 0 Å². The van der Waals surface area contributed by atoms with Gasteiger partial charge >= 0.3 is 0 Å². The molecule has 0 fully saturated rings. The molecule has 174 valence electrons. The van der Waals surface area contributed by atoms with Crippen LogP contribution in [0, 0.1) is 6.92 Å². The molecule has 0 aliphatic heterocycles. The van der Waals surface area contributed by atoms with E-state index in [1.165, 1.54) is 11.8 Å². The van der Waals surface area contributed by atoms with Crippen LogP contribution in [0.4, 0.5) is 0 Å². The highest BCUT2D eigenvalue weighted by Crippen LogP contribution is 2.25. The topological polar surface area (TPSA) is 49.4 Å². The lowest BCUT2D eigenvalue weighted by Gasteiger charge is -2.30. The van der Waals surface area contributed by atoms with Crippen LogP contribution in [0.2, 0.25) is 10.0 Å². The van der Waals surface area contributed by atoms with Gasteiger partial charge in [-0.15, -0.1) is 11.8 Å². The van der Waals surface area contributed by atoms with Crippen LogP contribution in [0.15, 0.2) is 42.5 Å². The van der Waals surface area contributed by atoms with Crippen LogP contribution < -0.4 is 5.32 Å². The van der Waals surface area contributed by atoms with Gasteiger partial charge in [0.25, 0.3) is 0 Å². The number of amides is 2. The molecule has 2 aromatic carbocycles. The van der Waals surface area contributed by atoms with E-state index in [0.29, 0.717) is 35.3 Å². The largest absolute Gasteiger partial charge is 0.354 e. The first-order valence-corrected chi connectivity index (χ1v) is 12.9. The van der Waals surface area contributed by atoms with Gasteiger partial charge in [-0.05, 0) is 43.0 Å². The van der Waals surface area contributed by atoms with E-state index in [0.717, 1.165) is 29.5 Å². The smallest absolute Gasteiger partial charge is 0.242 e. The lowest BCUT2D eigenvalue weighted by atomic mass is 10.1. The van der Waals surface area contributed by atoms with Crippen LogP contribution in [-0.4, -0.2) is 35.1 Å². The summed E-state index contributed by atoms with van der Waals surface area (Å²) in [5, 5.41) is 4.17. The molecule has 0 aromatic heterocycles. The van der Waals surface area contributed by atoms with Crippen molar-refractivity contribution in [2.45, 2.75) is 58.4 Å². The van der Waals surface area contributed by atoms with Crippen molar-refractivity contribution in [3.63, 3.8) is 0 Å². The number of carbonyl (C=O) groups is 2. The fraction of sp³-hybridized carbons (Fsp3) is 0.440. The molecule has 0 unspecified atom stereocenters. The molecule has 7 heteroatoms. The number of thioether (sulfide) groups is 1. The third kappa shape index (κ3) is 8.34. The van der Waals surface area contributed by atoms with Gasteiger partial charge in [-0.2, -0.15) is 0 Å². The van der Waals surface area contributed by atoms with Gasteiger partial charge in [0, 0.05) is 28.9 Å². The van der Waals surface area contributed by atoms with E-state index in [2.05, 4.69) is 12.2 Å². The summed E-state index contributed by atoms with van der Waals surface area (Å²) in [5.41, 5.74) is 3.10. The van der Waals surface area contributed by atoms with E-state index in [-0.39, 0.29) is 17.6 Å². The van der Waals surface area contributed by atoms with E-state index < -0.39 is 6.04 Å². The highest BCUT2D eigenvalue weighted by Gasteiger charge is 2.28. The number of benzene rings is 2. The zero-order valence-corrected chi connectivity index (χ0v) is 21.3. The summed E-state index contributed by atoms with van der Waals surface area (Å²) in [6.45, 7) is 7.09. The van der Waals surface area contributed by atoms with Crippen LogP contribution in [-0.2, 0) is 21.9 Å². The molecule has 2 rings (SSSR count). The number of unbranched alkanes of at least 4 members (excludes halogenated alkanes) is 1. The Morgan fingerprint density at radius 3 is 2.44 bits per heavy atom. The first-order chi connectivity index (χ1) is 15.3. The molecule has 0 aliphatic carbocycles. The van der Waals surface area contributed by atoms with E-state index in [9.17, 15) is 9.59 Å². The highest BCUT2D eigenvalue weighted by atomic mass is 35.5. The van der Waals surface area contributed by atoms with Crippen LogP contribution >= 0.6 is 35.0 Å². The van der Waals surface area contributed by atoms with E-state index >= 15 is 0 Å². The molecule has 32 heavy (non-hydrogen) atoms. The molecule has 0 bridgehead atoms. The minimum Gasteiger partial charge on any atom is -0.354 e. The number of rotatable bonds is 12. The van der Waals surface area contributed by atoms with Gasteiger partial charge in [-0.1, -0.05) is 79.4 Å². The van der Waals surface area contributed by atoms with Gasteiger partial charge in [0.15, 0.2) is 0 Å². The molecule has 2 aromatic rings. The van der Waals surface area contributed by atoms with Crippen molar-refractivity contribution in [2.24, 2.45) is 0 Å². The maximum absolute atomic E-state index is 13.2. The Kier molecular flexibility index (Phi) is 11.4. The Morgan fingerprint density at radius 1 is 1.09 bits per heavy atom. The minimum atomic E-state index is -0.500. The maximum atomic E-state index is 13.2. The Balaban J connectivity index is 2.11. The molecule has 1 N–H and O–H groups in total. The Morgan fingerprint density at radius 2 is 1.81 bits per heavy atom. The van der Waals surface area contributed by atoms with Crippen LogP contribution in [0.1, 0.15) is 49.8 Å². The molecule has 2 amide bonds. The third-order valence-electron chi connectivity index (χ3n) is 5.19. The molecule has 0 spiro atoms. The molecule has 0 aliphatic rings. The fourth-order valence-electron chi connectivity index (χ4n) is 3.29. The molecular formula is C25H32Cl2N2O2S. The molecule has 0 heterocycles. The fourth-order valence-corrected chi connectivity index (χ4v) is 4.75. The summed E-state index contributed by atoms with van der Waals surface area (Å²) < 4.78 is 0. The van der Waals surface area contributed by atoms with Crippen LogP contribution in [0.5, 0.6) is 0 Å². The lowest BCUT2D eigenvalue weighted by Crippen LogP contribution is -2.49. The second-order valence-corrected chi connectivity index (χ2v) is 9.63. The second-order valence-electron chi connectivity index (χ2n) is 7.80. The first kappa shape index (κ1) is 26.6. The number of carbonyl (C=O) groups excluding carboxylic acids is 2. The van der Waals surface area contributed by atoms with Crippen molar-refractivity contribution < 1.29 is 9.59 Å². The summed E-state index contributed by atoms with van der Waals surface area (Å²) in [6, 6.07) is 13.0. The van der Waals surface area contributed by atoms with Crippen LogP contribution in [0.3, 0.4) is 0 Å². The number of halogens is 2. The monoisotopic (exact) mass is 494 g/mol. The van der Waals surface area contributed by atoms with E-state index in [1.54, 1.807) is 17.0 Å². The molecule has 0 radical (unpaired) electrons. The predicted molar refractivity (Wildman–Crippen MR) is 136 cm³/mol. The molecular weight excluding hydrogens is 463 g/mol. The normalized spacial score (nSPS) is 11.8. The Hall–Kier alpha value is -1.69. The van der Waals surface area contributed by atoms with Gasteiger partial charge in [-0.3, -0.25) is 9.59 Å². The van der Waals surface area contributed by atoms with Gasteiger partial charge in [0.05, 0.1) is 5.75 Å². The summed E-state index contributed by atoms with van der Waals surface area (Å²) >= 11 is 13.7. The SMILES string of the molecule is CCCCNC(=O)[C@H](CC)N(Cc1ccc(C)cc1)C(=O)CSCc1ccc(Cl)cc1Cl. The highest BCUT2D eigenvalue weighted by molar-refractivity contribution is 7.99. The number of aryl methyl sites for hydroxylation is 1. The van der Waals surface area contributed by atoms with Gasteiger partial charge in [0.1, 0.15) is 6.04 Å². The minimum absolute atomic E-state index is 0.0573. The summed E-state index contributed by atoms with van der Waals surface area (Å²) in [7, 11) is 0. The summed E-state index contributed by atoms with van der Waals surface area (Å²) in [5.74, 6) is 0.716. The lowest BCUT2D eigenvalue weighted by molar-refractivity contribution is -0.139. The number of hydrogen-bond donors (Lipinski definition) is 1. The number of nitrogens with one attached hydrogen (secondary N) is 1. The van der Waals surface area contributed by atoms with Gasteiger partial charge in [0.2, 0.25) is 11.8 Å². The average molecular weight is 496 g/mol. The molecule has 4 nitrogen and oxygen atoms in total. The maximum Gasteiger partial charge on any atom is 0.242 e. The second kappa shape index (κ2) is 13.8. The molecule has 1 atom stereocenters. The van der Waals surface area contributed by atoms with Crippen molar-refractivity contribution in [3.05, 3.63) is 69.2 Å². The van der Waals surface area contributed by atoms with Gasteiger partial charge < -0.3 is 10.2 Å². The third-order valence-corrected chi connectivity index (χ3v) is 6.74. The summed E-state index contributed by atoms with van der Waals surface area (Å²) in [4.78, 5) is 27.8. The predicted octanol–water partition coefficient (Wildman–Crippen LogP) is 6.26. The Bertz CT molecular complexity index is 890. The quantitative estimate of drug-likeness (QED) is 0.354. The average Bonchev–Trinajstić information content (AvgIpc) is 2.76. The summed E-state index contributed by atoms with van der Waals surface area (Å²) in [6.07, 6.45) is 2.49. The molecule has 0 saturated heterocycles. The standard InChI is InChI=1S/C25H32Cl2N2O2S/c1-4-6-13-28-25(31)23(5-2)29(15-19-9-7-18(3)8-10-19)24(30)17-32-16-20-11-12-21(26)14-22(20)27/h7-12,14,23H,4-6,13,15-17H2,1-3H3,(H,28,31)/t23-/m0/s1. The van der Waals surface area contributed by atoms with E-state index in [4.69, 9.17) is 23.2 Å². The van der Waals surface area contributed by atoms with Crippen molar-refractivity contribution in [3.8, 4) is 0 Å². The van der Waals surface area contributed by atoms with E-state index in [1.807, 2.05) is 44.2 Å². The number of hydrogen-bond acceptors (Lipinski definition) is 3. The number of nitrogens with zero attached hydrogens (tertiary/aromatic N) is 1. The van der Waals surface area contributed by atoms with Crippen molar-refractivity contribution >= 4 is 46.8 Å². The van der Waals surface area contributed by atoms with Crippen molar-refractivity contribution in [1.82, 2.24) is 10.2 Å². The zero-order valence-electron chi connectivity index (χ0n) is 19.0. The zero-order chi connectivity index (χ0) is 23.5. The Labute approximate surface area is 206 Å².